The van der Waals surface area contributed by atoms with E-state index < -0.39 is 0 Å². The molecule has 1 aliphatic carbocycles. The van der Waals surface area contributed by atoms with Gasteiger partial charge in [0.25, 0.3) is 0 Å². The first-order valence-corrected chi connectivity index (χ1v) is 11.8. The molecule has 0 saturated heterocycles. The number of benzene rings is 4. The van der Waals surface area contributed by atoms with E-state index in [2.05, 4.69) is 122 Å². The minimum Gasteiger partial charge on any atom is -0.305 e. The molecule has 166 valence electrons. The third-order valence-corrected chi connectivity index (χ3v) is 6.50. The van der Waals surface area contributed by atoms with Gasteiger partial charge in [-0.25, -0.2) is 0 Å². The van der Waals surface area contributed by atoms with Gasteiger partial charge in [-0.2, -0.15) is 0 Å². The van der Waals surface area contributed by atoms with Crippen molar-refractivity contribution in [2.75, 3.05) is 21.1 Å². The first kappa shape index (κ1) is 21.6. The average Bonchev–Trinajstić information content (AvgIpc) is 3.18. The van der Waals surface area contributed by atoms with Crippen molar-refractivity contribution in [3.8, 4) is 22.3 Å². The zero-order valence-corrected chi connectivity index (χ0v) is 19.9. The summed E-state index contributed by atoms with van der Waals surface area (Å²) in [7, 11) is 6.54. The lowest BCUT2D eigenvalue weighted by Gasteiger charge is -2.20. The Bertz CT molecular complexity index is 1260. The van der Waals surface area contributed by atoms with E-state index >= 15 is 0 Å². The highest BCUT2D eigenvalue weighted by Crippen LogP contribution is 2.39. The van der Waals surface area contributed by atoms with Crippen LogP contribution in [0.5, 0.6) is 0 Å². The van der Waals surface area contributed by atoms with Crippen molar-refractivity contribution in [3.05, 3.63) is 119 Å². The van der Waals surface area contributed by atoms with Crippen LogP contribution in [0.1, 0.15) is 27.8 Å². The molecule has 2 nitrogen and oxygen atoms in total. The largest absolute Gasteiger partial charge is 0.305 e. The molecule has 0 aliphatic heterocycles. The molecule has 0 atom stereocenters. The van der Waals surface area contributed by atoms with E-state index in [0.717, 1.165) is 26.1 Å². The molecule has 0 N–H and O–H groups in total. The smallest absolute Gasteiger partial charge is 0.0234 e. The summed E-state index contributed by atoms with van der Waals surface area (Å²) in [6.07, 6.45) is 1.05. The summed E-state index contributed by atoms with van der Waals surface area (Å²) in [5.74, 6) is 0. The summed E-state index contributed by atoms with van der Waals surface area (Å²) >= 11 is 0. The molecule has 0 heterocycles. The van der Waals surface area contributed by atoms with Crippen LogP contribution < -0.4 is 0 Å². The second-order valence-corrected chi connectivity index (χ2v) is 9.59. The van der Waals surface area contributed by atoms with Gasteiger partial charge in [-0.1, -0.05) is 78.9 Å². The van der Waals surface area contributed by atoms with Gasteiger partial charge < -0.3 is 4.90 Å². The van der Waals surface area contributed by atoms with Crippen molar-refractivity contribution >= 4 is 0 Å². The molecule has 0 radical (unpaired) electrons. The third-order valence-electron chi connectivity index (χ3n) is 6.50. The highest BCUT2D eigenvalue weighted by molar-refractivity contribution is 5.78. The number of hydrogen-bond donors (Lipinski definition) is 0. The SMILES string of the molecule is CN(C)Cc1cc(CN(C)Cc2cccc(-c3ccccc3)c2)cc2c1Cc1ccccc1-2. The fourth-order valence-electron chi connectivity index (χ4n) is 5.11. The summed E-state index contributed by atoms with van der Waals surface area (Å²) in [5, 5.41) is 0. The lowest BCUT2D eigenvalue weighted by atomic mass is 9.97. The number of rotatable bonds is 7. The summed E-state index contributed by atoms with van der Waals surface area (Å²) in [5.41, 5.74) is 12.6. The van der Waals surface area contributed by atoms with Crippen molar-refractivity contribution in [2.45, 2.75) is 26.1 Å². The Morgan fingerprint density at radius 3 is 2.15 bits per heavy atom. The molecule has 0 saturated carbocycles. The van der Waals surface area contributed by atoms with E-state index in [1.54, 1.807) is 0 Å². The fourth-order valence-corrected chi connectivity index (χ4v) is 5.11. The highest BCUT2D eigenvalue weighted by Gasteiger charge is 2.22. The monoisotopic (exact) mass is 432 g/mol. The lowest BCUT2D eigenvalue weighted by Crippen LogP contribution is -2.18. The topological polar surface area (TPSA) is 6.48 Å². The fraction of sp³-hybridized carbons (Fsp3) is 0.226. The number of hydrogen-bond acceptors (Lipinski definition) is 2. The van der Waals surface area contributed by atoms with Gasteiger partial charge >= 0.3 is 0 Å². The summed E-state index contributed by atoms with van der Waals surface area (Å²) in [4.78, 5) is 4.70. The van der Waals surface area contributed by atoms with Crippen LogP contribution in [0, 0.1) is 0 Å². The van der Waals surface area contributed by atoms with E-state index in [0.29, 0.717) is 0 Å². The Labute approximate surface area is 198 Å². The van der Waals surface area contributed by atoms with Gasteiger partial charge in [0.2, 0.25) is 0 Å². The Hall–Kier alpha value is -3.20. The molecule has 2 heteroatoms. The Balaban J connectivity index is 1.39. The van der Waals surface area contributed by atoms with Crippen LogP contribution in [0.3, 0.4) is 0 Å². The minimum atomic E-state index is 0.928. The Morgan fingerprint density at radius 2 is 1.33 bits per heavy atom. The maximum Gasteiger partial charge on any atom is 0.0234 e. The van der Waals surface area contributed by atoms with Gasteiger partial charge in [-0.15, -0.1) is 0 Å². The second-order valence-electron chi connectivity index (χ2n) is 9.59. The van der Waals surface area contributed by atoms with Crippen molar-refractivity contribution < 1.29 is 0 Å². The quantitative estimate of drug-likeness (QED) is 0.285. The second kappa shape index (κ2) is 9.35. The van der Waals surface area contributed by atoms with E-state index in [4.69, 9.17) is 0 Å². The van der Waals surface area contributed by atoms with Crippen LogP contribution in [-0.4, -0.2) is 30.9 Å². The average molecular weight is 433 g/mol. The van der Waals surface area contributed by atoms with Crippen LogP contribution in [0.2, 0.25) is 0 Å². The molecule has 0 fully saturated rings. The van der Waals surface area contributed by atoms with Crippen molar-refractivity contribution in [3.63, 3.8) is 0 Å². The van der Waals surface area contributed by atoms with E-state index in [9.17, 15) is 0 Å². The first-order chi connectivity index (χ1) is 16.1. The van der Waals surface area contributed by atoms with Crippen LogP contribution in [0.15, 0.2) is 91.0 Å². The highest BCUT2D eigenvalue weighted by atomic mass is 15.1. The maximum absolute atomic E-state index is 2.43. The van der Waals surface area contributed by atoms with Gasteiger partial charge in [0.05, 0.1) is 0 Å². The van der Waals surface area contributed by atoms with Crippen molar-refractivity contribution in [1.82, 2.24) is 9.80 Å². The molecule has 0 aromatic heterocycles. The summed E-state index contributed by atoms with van der Waals surface area (Å²) in [6, 6.07) is 33.3. The lowest BCUT2D eigenvalue weighted by molar-refractivity contribution is 0.319. The summed E-state index contributed by atoms with van der Waals surface area (Å²) < 4.78 is 0. The molecule has 5 rings (SSSR count). The molecule has 4 aromatic carbocycles. The van der Waals surface area contributed by atoms with Crippen LogP contribution >= 0.6 is 0 Å². The van der Waals surface area contributed by atoms with Crippen molar-refractivity contribution in [1.29, 1.82) is 0 Å². The molecule has 0 spiro atoms. The van der Waals surface area contributed by atoms with Gasteiger partial charge in [0.15, 0.2) is 0 Å². The van der Waals surface area contributed by atoms with Crippen LogP contribution in [0.25, 0.3) is 22.3 Å². The predicted octanol–water partition coefficient (Wildman–Crippen LogP) is 6.62. The Morgan fingerprint density at radius 1 is 0.606 bits per heavy atom. The van der Waals surface area contributed by atoms with E-state index in [1.807, 2.05) is 0 Å². The zero-order chi connectivity index (χ0) is 22.8. The standard InChI is InChI=1S/C31H32N2/c1-32(2)22-28-17-24(18-31-29-15-8-7-13-27(29)19-30(28)31)21-33(3)20-23-10-9-14-26(16-23)25-11-5-4-6-12-25/h4-18H,19-22H2,1-3H3. The van der Waals surface area contributed by atoms with Gasteiger partial charge in [0.1, 0.15) is 0 Å². The first-order valence-electron chi connectivity index (χ1n) is 11.8. The molecule has 0 amide bonds. The van der Waals surface area contributed by atoms with Crippen LogP contribution in [-0.2, 0) is 26.1 Å². The minimum absolute atomic E-state index is 0.928. The van der Waals surface area contributed by atoms with Crippen LogP contribution in [0.4, 0.5) is 0 Å². The molecule has 0 bridgehead atoms. The number of fused-ring (bicyclic) bond motifs is 3. The zero-order valence-electron chi connectivity index (χ0n) is 19.9. The Kier molecular flexibility index (Phi) is 6.13. The van der Waals surface area contributed by atoms with E-state index in [-0.39, 0.29) is 0 Å². The number of nitrogens with zero attached hydrogens (tertiary/aromatic N) is 2. The molecule has 0 unspecified atom stereocenters. The van der Waals surface area contributed by atoms with Gasteiger partial charge in [-0.05, 0) is 89.8 Å². The molecular formula is C31H32N2. The molecule has 33 heavy (non-hydrogen) atoms. The normalized spacial score (nSPS) is 12.3. The third kappa shape index (κ3) is 4.78. The molecule has 4 aromatic rings. The summed E-state index contributed by atoms with van der Waals surface area (Å²) in [6.45, 7) is 2.84. The van der Waals surface area contributed by atoms with Crippen molar-refractivity contribution in [2.24, 2.45) is 0 Å². The maximum atomic E-state index is 2.43. The van der Waals surface area contributed by atoms with E-state index in [1.165, 1.54) is 50.1 Å². The van der Waals surface area contributed by atoms with Gasteiger partial charge in [-0.3, -0.25) is 4.90 Å². The van der Waals surface area contributed by atoms with Gasteiger partial charge in [0, 0.05) is 19.6 Å². The predicted molar refractivity (Wildman–Crippen MR) is 139 cm³/mol. The molecule has 1 aliphatic rings. The molecular weight excluding hydrogens is 400 g/mol.